The van der Waals surface area contributed by atoms with Gasteiger partial charge in [0.25, 0.3) is 10.2 Å². The predicted molar refractivity (Wildman–Crippen MR) is 95.7 cm³/mol. The molecule has 0 saturated carbocycles. The fraction of sp³-hybridized carbons (Fsp3) is 0.158. The molecule has 25 heavy (non-hydrogen) atoms. The molecule has 0 bridgehead atoms. The predicted octanol–water partition coefficient (Wildman–Crippen LogP) is 3.20. The van der Waals surface area contributed by atoms with Gasteiger partial charge in [0.2, 0.25) is 0 Å². The zero-order valence-electron chi connectivity index (χ0n) is 13.6. The Bertz CT molecular complexity index is 798. The van der Waals surface area contributed by atoms with Crippen LogP contribution in [-0.2, 0) is 33.8 Å². The van der Waals surface area contributed by atoms with Crippen molar-refractivity contribution in [3.8, 4) is 0 Å². The van der Waals surface area contributed by atoms with Gasteiger partial charge in [-0.2, -0.15) is 24.9 Å². The normalized spacial score (nSPS) is 18.8. The Morgan fingerprint density at radius 3 is 2.12 bits per heavy atom. The minimum atomic E-state index is -3.38. The summed E-state index contributed by atoms with van der Waals surface area (Å²) in [6.45, 7) is 0.884. The Morgan fingerprint density at radius 2 is 1.56 bits per heavy atom. The van der Waals surface area contributed by atoms with E-state index in [1.807, 2.05) is 84.9 Å². The van der Waals surface area contributed by atoms with Crippen LogP contribution >= 0.6 is 0 Å². The summed E-state index contributed by atoms with van der Waals surface area (Å²) in [5, 5.41) is 0. The third kappa shape index (κ3) is 5.39. The van der Waals surface area contributed by atoms with Gasteiger partial charge in [0.05, 0.1) is 0 Å². The first-order valence-corrected chi connectivity index (χ1v) is 9.29. The largest absolute Gasteiger partial charge is 0.748 e. The van der Waals surface area contributed by atoms with Gasteiger partial charge in [0.15, 0.2) is 0 Å². The molecule has 0 spiro atoms. The molecule has 1 N–H and O–H groups in total. The zero-order valence-corrected chi connectivity index (χ0v) is 15.5. The first-order chi connectivity index (χ1) is 11.6. The van der Waals surface area contributed by atoms with Gasteiger partial charge in [-0.05, 0) is 5.56 Å². The Hall–Kier alpha value is -1.69. The van der Waals surface area contributed by atoms with Crippen molar-refractivity contribution in [3.05, 3.63) is 96.1 Å². The monoisotopic (exact) mass is 396 g/mol. The second kappa shape index (κ2) is 9.13. The Morgan fingerprint density at radius 1 is 1.00 bits per heavy atom. The van der Waals surface area contributed by atoms with Gasteiger partial charge in [-0.1, -0.05) is 30.3 Å². The summed E-state index contributed by atoms with van der Waals surface area (Å²) in [5.41, 5.74) is 2.01. The van der Waals surface area contributed by atoms with Crippen LogP contribution < -0.4 is 4.72 Å². The Balaban J connectivity index is 0.000000325. The maximum Gasteiger partial charge on any atom is 0.279 e. The van der Waals surface area contributed by atoms with Crippen LogP contribution in [0, 0.1) is 0 Å². The Labute approximate surface area is 159 Å². The molecule has 0 aromatic heterocycles. The quantitative estimate of drug-likeness (QED) is 0.546. The van der Waals surface area contributed by atoms with Gasteiger partial charge in [0.1, 0.15) is 0 Å². The van der Waals surface area contributed by atoms with E-state index in [1.165, 1.54) is 4.31 Å². The summed E-state index contributed by atoms with van der Waals surface area (Å²) >= 11 is 0. The topological polar surface area (TPSA) is 49.4 Å². The second-order valence-corrected chi connectivity index (χ2v) is 7.34. The first kappa shape index (κ1) is 19.6. The summed E-state index contributed by atoms with van der Waals surface area (Å²) in [6, 6.07) is 27.2. The molecule has 4 rings (SSSR count). The average molecular weight is 396 g/mol. The molecular weight excluding hydrogens is 376 g/mol. The third-order valence-corrected chi connectivity index (χ3v) is 5.41. The maximum atomic E-state index is 12.1. The maximum absolute atomic E-state index is 12.1. The number of hydrogen-bond donors (Lipinski definition) is 1. The smallest absolute Gasteiger partial charge is 0.279 e. The molecule has 138 valence electrons. The van der Waals surface area contributed by atoms with Gasteiger partial charge >= 0.3 is 0 Å². The first-order valence-electron chi connectivity index (χ1n) is 7.85. The number of nitrogens with zero attached hydrogens (tertiary/aromatic N) is 1. The molecule has 0 amide bonds. The molecule has 0 aliphatic carbocycles. The van der Waals surface area contributed by atoms with Gasteiger partial charge in [-0.15, -0.1) is 5.56 Å². The van der Waals surface area contributed by atoms with Crippen LogP contribution in [0.25, 0.3) is 0 Å². The van der Waals surface area contributed by atoms with E-state index in [0.29, 0.717) is 13.1 Å². The van der Waals surface area contributed by atoms with E-state index in [-0.39, 0.29) is 23.1 Å². The number of nitrogens with one attached hydrogen (secondary N) is 1. The molecule has 1 unspecified atom stereocenters. The molecule has 1 aliphatic rings. The van der Waals surface area contributed by atoms with Crippen LogP contribution in [0.2, 0.25) is 0 Å². The van der Waals surface area contributed by atoms with Gasteiger partial charge < -0.3 is 30.3 Å². The number of rotatable bonds is 3. The summed E-state index contributed by atoms with van der Waals surface area (Å²) in [7, 11) is -3.38. The molecule has 3 aromatic carbocycles. The van der Waals surface area contributed by atoms with Crippen LogP contribution in [0.5, 0.6) is 0 Å². The molecular formula is C19H20FeN2O2S-6. The van der Waals surface area contributed by atoms with Crippen molar-refractivity contribution in [3.63, 3.8) is 0 Å². The molecule has 1 fully saturated rings. The van der Waals surface area contributed by atoms with Crippen molar-refractivity contribution in [2.24, 2.45) is 0 Å². The van der Waals surface area contributed by atoms with Crippen LogP contribution in [0.3, 0.4) is 0 Å². The van der Waals surface area contributed by atoms with E-state index in [0.717, 1.165) is 11.1 Å². The second-order valence-electron chi connectivity index (χ2n) is 5.63. The van der Waals surface area contributed by atoms with Crippen LogP contribution in [0.15, 0.2) is 84.9 Å². The van der Waals surface area contributed by atoms with E-state index in [2.05, 4.69) is 4.72 Å². The fourth-order valence-corrected chi connectivity index (χ4v) is 4.03. The summed E-state index contributed by atoms with van der Waals surface area (Å²) in [6.07, 6.45) is 0. The summed E-state index contributed by atoms with van der Waals surface area (Å²) in [4.78, 5) is 0. The van der Waals surface area contributed by atoms with Crippen molar-refractivity contribution in [1.29, 1.82) is 0 Å². The molecule has 6 heteroatoms. The Kier molecular flexibility index (Phi) is 7.17. The molecule has 1 heterocycles. The van der Waals surface area contributed by atoms with E-state index >= 15 is 0 Å². The SMILES string of the molecule is O=S1(=O)NC([c-]2cccc2)CN1Cc1ccccc1.[Fe].[cH-]1[cH-][cH-][cH-][cH-]1. The molecule has 4 nitrogen and oxygen atoms in total. The standard InChI is InChI=1S/C14H15N2O2S.C5H5.Fe/c17-19(18)15-14(13-8-4-5-9-13)11-16(19)10-12-6-2-1-3-7-12;1-2-4-5-3-1;/h1-9,14-15H,10-11H2;1-5H;/q-1;-5;. The van der Waals surface area contributed by atoms with Crippen molar-refractivity contribution < 1.29 is 25.5 Å². The molecule has 1 aliphatic heterocycles. The third-order valence-electron chi connectivity index (χ3n) is 3.87. The molecule has 1 atom stereocenters. The fourth-order valence-electron chi connectivity index (χ4n) is 2.65. The van der Waals surface area contributed by atoms with E-state index < -0.39 is 10.2 Å². The van der Waals surface area contributed by atoms with Crippen molar-refractivity contribution in [2.75, 3.05) is 6.54 Å². The van der Waals surface area contributed by atoms with Crippen LogP contribution in [0.1, 0.15) is 17.2 Å². The van der Waals surface area contributed by atoms with Crippen molar-refractivity contribution in [1.82, 2.24) is 9.03 Å². The van der Waals surface area contributed by atoms with Gasteiger partial charge in [-0.25, -0.2) is 16.9 Å². The van der Waals surface area contributed by atoms with E-state index in [9.17, 15) is 8.42 Å². The number of benzene rings is 1. The minimum Gasteiger partial charge on any atom is -0.748 e. The van der Waals surface area contributed by atoms with E-state index in [1.54, 1.807) is 0 Å². The van der Waals surface area contributed by atoms with Crippen molar-refractivity contribution >= 4 is 10.2 Å². The van der Waals surface area contributed by atoms with Gasteiger partial charge in [-0.3, -0.25) is 0 Å². The van der Waals surface area contributed by atoms with Gasteiger partial charge in [0, 0.05) is 36.2 Å². The van der Waals surface area contributed by atoms with E-state index in [4.69, 9.17) is 0 Å². The summed E-state index contributed by atoms with van der Waals surface area (Å²) < 4.78 is 28.4. The molecule has 1 saturated heterocycles. The summed E-state index contributed by atoms with van der Waals surface area (Å²) in [5.74, 6) is 0. The van der Waals surface area contributed by atoms with Crippen molar-refractivity contribution in [2.45, 2.75) is 12.6 Å². The number of hydrogen-bond acceptors (Lipinski definition) is 2. The van der Waals surface area contributed by atoms with Crippen LogP contribution in [0.4, 0.5) is 0 Å². The average Bonchev–Trinajstić information content (AvgIpc) is 3.32. The van der Waals surface area contributed by atoms with Crippen LogP contribution in [-0.4, -0.2) is 19.3 Å². The molecule has 3 aromatic rings. The zero-order chi connectivity index (χ0) is 16.8. The molecule has 0 radical (unpaired) electrons. The minimum absolute atomic E-state index is 0.